The third-order valence-corrected chi connectivity index (χ3v) is 5.42. The Bertz CT molecular complexity index is 1170. The van der Waals surface area contributed by atoms with Gasteiger partial charge in [0.2, 0.25) is 0 Å². The minimum atomic E-state index is -0.468. The van der Waals surface area contributed by atoms with Crippen LogP contribution in [0.3, 0.4) is 0 Å². The number of hydrogen-bond acceptors (Lipinski definition) is 7. The van der Waals surface area contributed by atoms with E-state index in [1.807, 2.05) is 37.3 Å². The lowest BCUT2D eigenvalue weighted by Crippen LogP contribution is -2.39. The zero-order chi connectivity index (χ0) is 22.5. The highest BCUT2D eigenvalue weighted by Crippen LogP contribution is 2.25. The molecule has 2 aromatic heterocycles. The molecule has 1 aliphatic rings. The molecule has 32 heavy (non-hydrogen) atoms. The SMILES string of the molecule is CCC(c1ccccc1)n1c(=O)c(NCCC=O)nc2ccc(NC(=O)C3CCO3)nc21. The van der Waals surface area contributed by atoms with Crippen molar-refractivity contribution in [3.05, 3.63) is 58.4 Å². The predicted octanol–water partition coefficient (Wildman–Crippen LogP) is 2.52. The Morgan fingerprint density at radius 1 is 1.25 bits per heavy atom. The van der Waals surface area contributed by atoms with Gasteiger partial charge in [-0.25, -0.2) is 9.97 Å². The molecule has 1 amide bonds. The van der Waals surface area contributed by atoms with Gasteiger partial charge in [-0.2, -0.15) is 0 Å². The number of rotatable bonds is 9. The monoisotopic (exact) mass is 435 g/mol. The van der Waals surface area contributed by atoms with E-state index >= 15 is 0 Å². The number of carbonyl (C=O) groups is 2. The maximum atomic E-state index is 13.5. The van der Waals surface area contributed by atoms with Crippen molar-refractivity contribution in [1.82, 2.24) is 14.5 Å². The molecule has 1 aliphatic heterocycles. The Kier molecular flexibility index (Phi) is 6.55. The Labute approximate surface area is 184 Å². The fourth-order valence-corrected chi connectivity index (χ4v) is 3.70. The van der Waals surface area contributed by atoms with E-state index in [9.17, 15) is 14.4 Å². The number of benzene rings is 1. The lowest BCUT2D eigenvalue weighted by molar-refractivity contribution is -0.139. The molecule has 1 aromatic carbocycles. The van der Waals surface area contributed by atoms with Gasteiger partial charge in [-0.15, -0.1) is 0 Å². The first-order valence-electron chi connectivity index (χ1n) is 10.7. The van der Waals surface area contributed by atoms with Crippen molar-refractivity contribution in [3.63, 3.8) is 0 Å². The van der Waals surface area contributed by atoms with Crippen molar-refractivity contribution < 1.29 is 14.3 Å². The summed E-state index contributed by atoms with van der Waals surface area (Å²) in [5.41, 5.74) is 1.50. The quantitative estimate of drug-likeness (QED) is 0.392. The molecule has 0 radical (unpaired) electrons. The summed E-state index contributed by atoms with van der Waals surface area (Å²) < 4.78 is 6.84. The number of pyridine rings is 1. The fourth-order valence-electron chi connectivity index (χ4n) is 3.70. The highest BCUT2D eigenvalue weighted by molar-refractivity contribution is 5.94. The van der Waals surface area contributed by atoms with E-state index in [1.165, 1.54) is 0 Å². The van der Waals surface area contributed by atoms with Crippen LogP contribution < -0.4 is 16.2 Å². The van der Waals surface area contributed by atoms with Gasteiger partial charge in [0.15, 0.2) is 11.5 Å². The first kappa shape index (κ1) is 21.6. The number of hydrogen-bond donors (Lipinski definition) is 2. The molecule has 2 unspecified atom stereocenters. The molecule has 3 aromatic rings. The van der Waals surface area contributed by atoms with Gasteiger partial charge in [0.25, 0.3) is 11.5 Å². The zero-order valence-electron chi connectivity index (χ0n) is 17.8. The van der Waals surface area contributed by atoms with Gasteiger partial charge < -0.3 is 20.2 Å². The molecule has 1 saturated heterocycles. The standard InChI is InChI=1S/C23H25N5O4/c1-2-17(15-7-4-3-5-8-15)28-21-16(25-20(23(28)31)24-12-6-13-29)9-10-19(26-21)27-22(30)18-11-14-32-18/h3-5,7-10,13,17-18H,2,6,11-12,14H2,1H3,(H,24,25)(H,26,27,30). The average molecular weight is 435 g/mol. The van der Waals surface area contributed by atoms with Crippen LogP contribution in [0.1, 0.15) is 37.8 Å². The van der Waals surface area contributed by atoms with E-state index in [4.69, 9.17) is 4.74 Å². The molecule has 0 bridgehead atoms. The van der Waals surface area contributed by atoms with E-state index in [1.54, 1.807) is 16.7 Å². The number of nitrogens with one attached hydrogen (secondary N) is 2. The number of anilines is 2. The van der Waals surface area contributed by atoms with Gasteiger partial charge >= 0.3 is 0 Å². The molecule has 3 heterocycles. The molecule has 2 N–H and O–H groups in total. The number of aldehydes is 1. The van der Waals surface area contributed by atoms with Crippen molar-refractivity contribution in [1.29, 1.82) is 0 Å². The first-order chi connectivity index (χ1) is 15.6. The molecule has 4 rings (SSSR count). The van der Waals surface area contributed by atoms with Crippen LogP contribution >= 0.6 is 0 Å². The van der Waals surface area contributed by atoms with Crippen molar-refractivity contribution in [2.24, 2.45) is 0 Å². The van der Waals surface area contributed by atoms with Crippen molar-refractivity contribution >= 4 is 35.0 Å². The van der Waals surface area contributed by atoms with Crippen LogP contribution in [0.4, 0.5) is 11.6 Å². The van der Waals surface area contributed by atoms with Crippen LogP contribution in [-0.2, 0) is 14.3 Å². The van der Waals surface area contributed by atoms with Crippen LogP contribution in [0.25, 0.3) is 11.2 Å². The molecule has 0 saturated carbocycles. The largest absolute Gasteiger partial charge is 0.368 e. The number of amides is 1. The Morgan fingerprint density at radius 2 is 2.03 bits per heavy atom. The van der Waals surface area contributed by atoms with Crippen LogP contribution in [0.5, 0.6) is 0 Å². The minimum absolute atomic E-state index is 0.162. The summed E-state index contributed by atoms with van der Waals surface area (Å²) in [6.45, 7) is 2.87. The van der Waals surface area contributed by atoms with Gasteiger partial charge in [0.05, 0.1) is 12.6 Å². The van der Waals surface area contributed by atoms with E-state index in [0.717, 1.165) is 11.8 Å². The summed E-state index contributed by atoms with van der Waals surface area (Å²) in [6.07, 6.45) is 1.90. The molecule has 166 valence electrons. The Hall–Kier alpha value is -3.59. The maximum Gasteiger partial charge on any atom is 0.295 e. The third kappa shape index (κ3) is 4.38. The van der Waals surface area contributed by atoms with Gasteiger partial charge in [-0.05, 0) is 24.1 Å². The van der Waals surface area contributed by atoms with Crippen molar-refractivity contribution in [2.45, 2.75) is 38.3 Å². The summed E-state index contributed by atoms with van der Waals surface area (Å²) >= 11 is 0. The van der Waals surface area contributed by atoms with Crippen LogP contribution in [-0.4, -0.2) is 46.0 Å². The third-order valence-electron chi connectivity index (χ3n) is 5.42. The molecule has 0 spiro atoms. The second kappa shape index (κ2) is 9.69. The minimum Gasteiger partial charge on any atom is -0.368 e. The predicted molar refractivity (Wildman–Crippen MR) is 121 cm³/mol. The first-order valence-corrected chi connectivity index (χ1v) is 10.7. The van der Waals surface area contributed by atoms with Crippen LogP contribution in [0.15, 0.2) is 47.3 Å². The molecule has 0 aliphatic carbocycles. The zero-order valence-corrected chi connectivity index (χ0v) is 17.8. The molecular formula is C23H25N5O4. The van der Waals surface area contributed by atoms with Gasteiger partial charge in [0.1, 0.15) is 23.7 Å². The number of carbonyl (C=O) groups excluding carboxylic acids is 2. The summed E-state index contributed by atoms with van der Waals surface area (Å²) in [5.74, 6) is 0.236. The molecule has 9 heteroatoms. The van der Waals surface area contributed by atoms with E-state index < -0.39 is 6.10 Å². The van der Waals surface area contributed by atoms with Gasteiger partial charge in [-0.1, -0.05) is 37.3 Å². The fraction of sp³-hybridized carbons (Fsp3) is 0.348. The highest BCUT2D eigenvalue weighted by Gasteiger charge is 2.27. The Balaban J connectivity index is 1.82. The average Bonchev–Trinajstić information content (AvgIpc) is 2.76. The molecule has 1 fully saturated rings. The number of aromatic nitrogens is 3. The lowest BCUT2D eigenvalue weighted by Gasteiger charge is -2.25. The number of ether oxygens (including phenoxy) is 1. The second-order valence-electron chi connectivity index (χ2n) is 7.53. The maximum absolute atomic E-state index is 13.5. The van der Waals surface area contributed by atoms with Crippen molar-refractivity contribution in [3.8, 4) is 0 Å². The Morgan fingerprint density at radius 3 is 2.69 bits per heavy atom. The number of nitrogens with zero attached hydrogens (tertiary/aromatic N) is 3. The van der Waals surface area contributed by atoms with Crippen LogP contribution in [0, 0.1) is 0 Å². The summed E-state index contributed by atoms with van der Waals surface area (Å²) in [7, 11) is 0. The van der Waals surface area contributed by atoms with Gasteiger partial charge in [0, 0.05) is 19.4 Å². The van der Waals surface area contributed by atoms with Crippen molar-refractivity contribution in [2.75, 3.05) is 23.8 Å². The van der Waals surface area contributed by atoms with Gasteiger partial charge in [-0.3, -0.25) is 14.2 Å². The lowest BCUT2D eigenvalue weighted by atomic mass is 10.0. The van der Waals surface area contributed by atoms with E-state index in [0.29, 0.717) is 43.0 Å². The van der Waals surface area contributed by atoms with E-state index in [-0.39, 0.29) is 29.7 Å². The second-order valence-corrected chi connectivity index (χ2v) is 7.53. The highest BCUT2D eigenvalue weighted by atomic mass is 16.5. The van der Waals surface area contributed by atoms with Crippen LogP contribution in [0.2, 0.25) is 0 Å². The molecule has 2 atom stereocenters. The number of fused-ring (bicyclic) bond motifs is 1. The summed E-state index contributed by atoms with van der Waals surface area (Å²) in [5, 5.41) is 5.73. The topological polar surface area (TPSA) is 115 Å². The molecule has 9 nitrogen and oxygen atoms in total. The summed E-state index contributed by atoms with van der Waals surface area (Å²) in [6, 6.07) is 12.8. The van der Waals surface area contributed by atoms with E-state index in [2.05, 4.69) is 20.6 Å². The smallest absolute Gasteiger partial charge is 0.295 e. The summed E-state index contributed by atoms with van der Waals surface area (Å²) in [4.78, 5) is 45.5. The molecular weight excluding hydrogens is 410 g/mol. The normalized spacial score (nSPS) is 16.2.